The largest absolute Gasteiger partial charge is 0.382 e. The van der Waals surface area contributed by atoms with E-state index in [1.807, 2.05) is 14.0 Å². The monoisotopic (exact) mass is 221 g/mol. The molecule has 0 aliphatic heterocycles. The Morgan fingerprint density at radius 1 is 1.31 bits per heavy atom. The van der Waals surface area contributed by atoms with E-state index in [9.17, 15) is 0 Å². The molecule has 16 heavy (non-hydrogen) atoms. The summed E-state index contributed by atoms with van der Waals surface area (Å²) in [6.45, 7) is 7.95. The summed E-state index contributed by atoms with van der Waals surface area (Å²) in [5.74, 6) is 0. The molecular weight excluding hydrogens is 198 g/mol. The van der Waals surface area contributed by atoms with Crippen LogP contribution in [0.4, 0.5) is 0 Å². The first kappa shape index (κ1) is 13.2. The van der Waals surface area contributed by atoms with E-state index in [0.29, 0.717) is 6.04 Å². The summed E-state index contributed by atoms with van der Waals surface area (Å²) in [5, 5.41) is 3.36. The van der Waals surface area contributed by atoms with Crippen LogP contribution in [0.3, 0.4) is 0 Å². The molecule has 0 aliphatic rings. The fraction of sp³-hybridized carbons (Fsp3) is 0.571. The molecule has 1 aromatic rings. The summed E-state index contributed by atoms with van der Waals surface area (Å²) in [5.41, 5.74) is 4.06. The van der Waals surface area contributed by atoms with Gasteiger partial charge < -0.3 is 10.1 Å². The number of nitrogens with one attached hydrogen (secondary N) is 1. The fourth-order valence-corrected chi connectivity index (χ4v) is 2.02. The second kappa shape index (κ2) is 6.66. The minimum atomic E-state index is 0.396. The molecule has 1 unspecified atom stereocenters. The summed E-state index contributed by atoms with van der Waals surface area (Å²) in [4.78, 5) is 0. The maximum Gasteiger partial charge on any atom is 0.0484 e. The number of aryl methyl sites for hydroxylation is 2. The van der Waals surface area contributed by atoms with Gasteiger partial charge in [0.1, 0.15) is 0 Å². The standard InChI is InChI=1S/C14H23NO/c1-5-16-9-8-14(15-4)13-7-6-11(2)10-12(13)3/h6-7,10,14-15H,5,8-9H2,1-4H3. The highest BCUT2D eigenvalue weighted by atomic mass is 16.5. The third-order valence-electron chi connectivity index (χ3n) is 2.90. The molecule has 2 heteroatoms. The average Bonchev–Trinajstić information content (AvgIpc) is 2.26. The molecule has 1 N–H and O–H groups in total. The van der Waals surface area contributed by atoms with Crippen molar-refractivity contribution in [1.82, 2.24) is 5.32 Å². The normalized spacial score (nSPS) is 12.8. The molecule has 0 radical (unpaired) electrons. The molecule has 1 rings (SSSR count). The van der Waals surface area contributed by atoms with Gasteiger partial charge in [0.25, 0.3) is 0 Å². The van der Waals surface area contributed by atoms with E-state index in [1.165, 1.54) is 16.7 Å². The van der Waals surface area contributed by atoms with Gasteiger partial charge >= 0.3 is 0 Å². The SMILES string of the molecule is CCOCCC(NC)c1ccc(C)cc1C. The first-order chi connectivity index (χ1) is 7.69. The van der Waals surface area contributed by atoms with Crippen LogP contribution >= 0.6 is 0 Å². The van der Waals surface area contributed by atoms with Crippen LogP contribution in [0.2, 0.25) is 0 Å². The van der Waals surface area contributed by atoms with Crippen molar-refractivity contribution < 1.29 is 4.74 Å². The van der Waals surface area contributed by atoms with E-state index in [0.717, 1.165) is 19.6 Å². The van der Waals surface area contributed by atoms with Gasteiger partial charge in [-0.1, -0.05) is 23.8 Å². The van der Waals surface area contributed by atoms with Gasteiger partial charge in [0.15, 0.2) is 0 Å². The van der Waals surface area contributed by atoms with E-state index in [4.69, 9.17) is 4.74 Å². The number of rotatable bonds is 6. The summed E-state index contributed by atoms with van der Waals surface area (Å²) in [7, 11) is 2.01. The van der Waals surface area contributed by atoms with Gasteiger partial charge in [-0.05, 0) is 45.4 Å². The highest BCUT2D eigenvalue weighted by molar-refractivity contribution is 5.32. The molecule has 0 bridgehead atoms. The molecule has 1 atom stereocenters. The van der Waals surface area contributed by atoms with Crippen LogP contribution < -0.4 is 5.32 Å². The Kier molecular flexibility index (Phi) is 5.50. The van der Waals surface area contributed by atoms with Crippen molar-refractivity contribution >= 4 is 0 Å². The minimum Gasteiger partial charge on any atom is -0.382 e. The van der Waals surface area contributed by atoms with Gasteiger partial charge in [0, 0.05) is 19.3 Å². The number of hydrogen-bond donors (Lipinski definition) is 1. The lowest BCUT2D eigenvalue weighted by Gasteiger charge is -2.19. The Morgan fingerprint density at radius 2 is 2.06 bits per heavy atom. The molecule has 2 nitrogen and oxygen atoms in total. The summed E-state index contributed by atoms with van der Waals surface area (Å²) < 4.78 is 5.41. The topological polar surface area (TPSA) is 21.3 Å². The maximum absolute atomic E-state index is 5.41. The molecule has 1 aromatic carbocycles. The predicted octanol–water partition coefficient (Wildman–Crippen LogP) is 2.99. The minimum absolute atomic E-state index is 0.396. The second-order valence-corrected chi connectivity index (χ2v) is 4.19. The van der Waals surface area contributed by atoms with Crippen molar-refractivity contribution in [2.24, 2.45) is 0 Å². The van der Waals surface area contributed by atoms with Crippen molar-refractivity contribution in [3.05, 3.63) is 34.9 Å². The lowest BCUT2D eigenvalue weighted by Crippen LogP contribution is -2.19. The Hall–Kier alpha value is -0.860. The van der Waals surface area contributed by atoms with E-state index in [2.05, 4.69) is 37.4 Å². The molecule has 0 saturated heterocycles. The van der Waals surface area contributed by atoms with E-state index >= 15 is 0 Å². The van der Waals surface area contributed by atoms with Crippen LogP contribution in [-0.2, 0) is 4.74 Å². The van der Waals surface area contributed by atoms with Crippen molar-refractivity contribution in [1.29, 1.82) is 0 Å². The van der Waals surface area contributed by atoms with Crippen LogP contribution in [0.25, 0.3) is 0 Å². The maximum atomic E-state index is 5.41. The summed E-state index contributed by atoms with van der Waals surface area (Å²) >= 11 is 0. The van der Waals surface area contributed by atoms with Crippen LogP contribution in [0, 0.1) is 13.8 Å². The number of hydrogen-bond acceptors (Lipinski definition) is 2. The number of benzene rings is 1. The van der Waals surface area contributed by atoms with E-state index < -0.39 is 0 Å². The molecule has 90 valence electrons. The van der Waals surface area contributed by atoms with Gasteiger partial charge in [0.2, 0.25) is 0 Å². The Bertz CT molecular complexity index is 323. The summed E-state index contributed by atoms with van der Waals surface area (Å²) in [6, 6.07) is 7.03. The lowest BCUT2D eigenvalue weighted by atomic mass is 9.97. The third kappa shape index (κ3) is 3.62. The second-order valence-electron chi connectivity index (χ2n) is 4.19. The Morgan fingerprint density at radius 3 is 2.62 bits per heavy atom. The summed E-state index contributed by atoms with van der Waals surface area (Å²) in [6.07, 6.45) is 1.02. The van der Waals surface area contributed by atoms with Crippen molar-refractivity contribution in [2.75, 3.05) is 20.3 Å². The Labute approximate surface area is 99.0 Å². The zero-order valence-corrected chi connectivity index (χ0v) is 10.8. The van der Waals surface area contributed by atoms with E-state index in [-0.39, 0.29) is 0 Å². The average molecular weight is 221 g/mol. The first-order valence-corrected chi connectivity index (χ1v) is 6.01. The van der Waals surface area contributed by atoms with Gasteiger partial charge in [0.05, 0.1) is 0 Å². The van der Waals surface area contributed by atoms with E-state index in [1.54, 1.807) is 0 Å². The van der Waals surface area contributed by atoms with Crippen LogP contribution in [0.1, 0.15) is 36.1 Å². The Balaban J connectivity index is 2.70. The molecule has 0 aromatic heterocycles. The molecule has 0 aliphatic carbocycles. The van der Waals surface area contributed by atoms with Gasteiger partial charge in [-0.2, -0.15) is 0 Å². The predicted molar refractivity (Wildman–Crippen MR) is 68.8 cm³/mol. The van der Waals surface area contributed by atoms with Crippen molar-refractivity contribution in [3.63, 3.8) is 0 Å². The smallest absolute Gasteiger partial charge is 0.0484 e. The molecule has 0 amide bonds. The zero-order chi connectivity index (χ0) is 12.0. The van der Waals surface area contributed by atoms with Crippen LogP contribution in [0.5, 0.6) is 0 Å². The van der Waals surface area contributed by atoms with Crippen LogP contribution in [0.15, 0.2) is 18.2 Å². The first-order valence-electron chi connectivity index (χ1n) is 6.01. The molecule has 0 heterocycles. The van der Waals surface area contributed by atoms with Gasteiger partial charge in [-0.3, -0.25) is 0 Å². The lowest BCUT2D eigenvalue weighted by molar-refractivity contribution is 0.137. The zero-order valence-electron chi connectivity index (χ0n) is 10.8. The molecular formula is C14H23NO. The number of ether oxygens (including phenoxy) is 1. The fourth-order valence-electron chi connectivity index (χ4n) is 2.02. The highest BCUT2D eigenvalue weighted by Crippen LogP contribution is 2.21. The third-order valence-corrected chi connectivity index (χ3v) is 2.90. The van der Waals surface area contributed by atoms with Crippen LogP contribution in [-0.4, -0.2) is 20.3 Å². The van der Waals surface area contributed by atoms with Gasteiger partial charge in [-0.15, -0.1) is 0 Å². The quantitative estimate of drug-likeness (QED) is 0.746. The van der Waals surface area contributed by atoms with Gasteiger partial charge in [-0.25, -0.2) is 0 Å². The molecule has 0 saturated carbocycles. The molecule has 0 spiro atoms. The van der Waals surface area contributed by atoms with Crippen molar-refractivity contribution in [2.45, 2.75) is 33.2 Å². The highest BCUT2D eigenvalue weighted by Gasteiger charge is 2.11. The molecule has 0 fully saturated rings. The van der Waals surface area contributed by atoms with Crippen molar-refractivity contribution in [3.8, 4) is 0 Å².